The maximum Gasteiger partial charge on any atom is 0.258 e. The zero-order chi connectivity index (χ0) is 22.8. The van der Waals surface area contributed by atoms with Gasteiger partial charge in [-0.3, -0.25) is 14.0 Å². The smallest absolute Gasteiger partial charge is 0.258 e. The van der Waals surface area contributed by atoms with Crippen molar-refractivity contribution in [1.29, 1.82) is 0 Å². The highest BCUT2D eigenvalue weighted by Gasteiger charge is 2.24. The standard InChI is InChI=1S/C24H23FN4O3S/c25-17-6-4-16(5-7-17)24(31)28-11-8-19(9-12-28)32-13-10-26-23(30)20-14-18-15-27-21-2-1-3-22(33-20)29(18)21/h1-7,14-15,19H,8-13H2,(H,26,30). The van der Waals surface area contributed by atoms with Gasteiger partial charge >= 0.3 is 0 Å². The minimum atomic E-state index is -0.354. The number of ether oxygens (including phenoxy) is 1. The Kier molecular flexibility index (Phi) is 6.15. The van der Waals surface area contributed by atoms with Gasteiger partial charge in [-0.25, -0.2) is 9.37 Å². The average Bonchev–Trinajstić information content (AvgIpc) is 3.26. The van der Waals surface area contributed by atoms with Gasteiger partial charge in [-0.15, -0.1) is 0 Å². The number of hydrogen-bond donors (Lipinski definition) is 1. The van der Waals surface area contributed by atoms with Gasteiger partial charge in [0.05, 0.1) is 34.5 Å². The predicted octanol–water partition coefficient (Wildman–Crippen LogP) is 3.36. The normalized spacial score (nSPS) is 16.0. The van der Waals surface area contributed by atoms with Crippen LogP contribution in [0, 0.1) is 5.82 Å². The fourth-order valence-corrected chi connectivity index (χ4v) is 5.08. The maximum absolute atomic E-state index is 13.1. The molecule has 0 spiro atoms. The second kappa shape index (κ2) is 9.36. The molecule has 2 aliphatic heterocycles. The molecule has 1 saturated heterocycles. The van der Waals surface area contributed by atoms with Crippen LogP contribution in [0.15, 0.2) is 58.6 Å². The van der Waals surface area contributed by atoms with E-state index in [2.05, 4.69) is 10.3 Å². The van der Waals surface area contributed by atoms with Crippen LogP contribution in [0.2, 0.25) is 0 Å². The molecule has 0 aliphatic carbocycles. The Bertz CT molecular complexity index is 1220. The van der Waals surface area contributed by atoms with E-state index in [0.29, 0.717) is 36.7 Å². The molecule has 2 aromatic heterocycles. The summed E-state index contributed by atoms with van der Waals surface area (Å²) >= 11 is 1.42. The Labute approximate surface area is 194 Å². The first-order valence-electron chi connectivity index (χ1n) is 10.9. The van der Waals surface area contributed by atoms with Crippen LogP contribution >= 0.6 is 11.8 Å². The molecule has 1 fully saturated rings. The number of thioether (sulfide) groups is 1. The van der Waals surface area contributed by atoms with E-state index in [-0.39, 0.29) is 23.7 Å². The van der Waals surface area contributed by atoms with E-state index in [1.54, 1.807) is 11.1 Å². The summed E-state index contributed by atoms with van der Waals surface area (Å²) in [6.07, 6.45) is 5.13. The average molecular weight is 467 g/mol. The van der Waals surface area contributed by atoms with Gasteiger partial charge in [0.2, 0.25) is 0 Å². The predicted molar refractivity (Wildman–Crippen MR) is 123 cm³/mol. The third-order valence-corrected chi connectivity index (χ3v) is 6.85. The summed E-state index contributed by atoms with van der Waals surface area (Å²) in [5, 5.41) is 3.89. The number of imidazole rings is 1. The quantitative estimate of drug-likeness (QED) is 0.564. The third-order valence-electron chi connectivity index (χ3n) is 5.80. The van der Waals surface area contributed by atoms with Gasteiger partial charge in [-0.05, 0) is 55.3 Å². The minimum Gasteiger partial charge on any atom is -0.376 e. The highest BCUT2D eigenvalue weighted by atomic mass is 32.2. The molecule has 1 N–H and O–H groups in total. The molecule has 33 heavy (non-hydrogen) atoms. The van der Waals surface area contributed by atoms with Crippen LogP contribution in [0.3, 0.4) is 0 Å². The van der Waals surface area contributed by atoms with Crippen LogP contribution in [-0.2, 0) is 9.53 Å². The SMILES string of the molecule is O=C(NCCOC1CCN(C(=O)c2ccc(F)cc2)CC1)C1=Cc2cnc3cccc(n23)S1. The molecule has 4 heterocycles. The van der Waals surface area contributed by atoms with Crippen molar-refractivity contribution in [2.75, 3.05) is 26.2 Å². The number of hydrogen-bond acceptors (Lipinski definition) is 5. The number of aromatic nitrogens is 2. The fraction of sp³-hybridized carbons (Fsp3) is 0.292. The Morgan fingerprint density at radius 1 is 1.15 bits per heavy atom. The Balaban J connectivity index is 1.05. The molecule has 9 heteroatoms. The summed E-state index contributed by atoms with van der Waals surface area (Å²) in [4.78, 5) is 31.9. The Morgan fingerprint density at radius 3 is 2.73 bits per heavy atom. The zero-order valence-electron chi connectivity index (χ0n) is 17.9. The van der Waals surface area contributed by atoms with Crippen molar-refractivity contribution >= 4 is 35.3 Å². The first-order chi connectivity index (χ1) is 16.1. The summed E-state index contributed by atoms with van der Waals surface area (Å²) in [6.45, 7) is 2.01. The molecular formula is C24H23FN4O3S. The molecule has 0 unspecified atom stereocenters. The topological polar surface area (TPSA) is 75.9 Å². The number of halogens is 1. The maximum atomic E-state index is 13.1. The van der Waals surface area contributed by atoms with E-state index in [1.165, 1.54) is 36.0 Å². The van der Waals surface area contributed by atoms with E-state index in [1.807, 2.05) is 28.7 Å². The van der Waals surface area contributed by atoms with Crippen LogP contribution in [0.25, 0.3) is 11.7 Å². The highest BCUT2D eigenvalue weighted by molar-refractivity contribution is 8.04. The summed E-state index contributed by atoms with van der Waals surface area (Å²) in [5.41, 5.74) is 2.25. The van der Waals surface area contributed by atoms with Gasteiger partial charge in [-0.2, -0.15) is 0 Å². The summed E-state index contributed by atoms with van der Waals surface area (Å²) in [6, 6.07) is 11.5. The lowest BCUT2D eigenvalue weighted by Gasteiger charge is -2.32. The zero-order valence-corrected chi connectivity index (χ0v) is 18.7. The van der Waals surface area contributed by atoms with Crippen molar-refractivity contribution in [1.82, 2.24) is 19.6 Å². The van der Waals surface area contributed by atoms with E-state index in [0.717, 1.165) is 29.2 Å². The van der Waals surface area contributed by atoms with Gasteiger partial charge in [0.15, 0.2) is 0 Å². The van der Waals surface area contributed by atoms with Gasteiger partial charge in [0.25, 0.3) is 11.8 Å². The first kappa shape index (κ1) is 21.7. The third kappa shape index (κ3) is 4.65. The van der Waals surface area contributed by atoms with Crippen LogP contribution in [-0.4, -0.2) is 58.4 Å². The highest BCUT2D eigenvalue weighted by Crippen LogP contribution is 2.34. The summed E-state index contributed by atoms with van der Waals surface area (Å²) < 4.78 is 21.0. The Morgan fingerprint density at radius 2 is 1.94 bits per heavy atom. The molecule has 2 amide bonds. The molecule has 170 valence electrons. The van der Waals surface area contributed by atoms with Crippen molar-refractivity contribution in [3.63, 3.8) is 0 Å². The van der Waals surface area contributed by atoms with Gasteiger partial charge < -0.3 is 15.0 Å². The van der Waals surface area contributed by atoms with Crippen molar-refractivity contribution in [3.8, 4) is 0 Å². The lowest BCUT2D eigenvalue weighted by atomic mass is 10.1. The first-order valence-corrected chi connectivity index (χ1v) is 11.7. The number of likely N-dealkylation sites (tertiary alicyclic amines) is 1. The van der Waals surface area contributed by atoms with Crippen molar-refractivity contribution in [3.05, 3.63) is 70.6 Å². The largest absolute Gasteiger partial charge is 0.376 e. The number of benzene rings is 1. The lowest BCUT2D eigenvalue weighted by Crippen LogP contribution is -2.41. The fourth-order valence-electron chi connectivity index (χ4n) is 4.08. The molecule has 0 radical (unpaired) electrons. The number of piperidine rings is 1. The molecule has 0 atom stereocenters. The number of carbonyl (C=O) groups is 2. The number of amides is 2. The van der Waals surface area contributed by atoms with E-state index < -0.39 is 0 Å². The van der Waals surface area contributed by atoms with Crippen molar-refractivity contribution in [2.45, 2.75) is 24.0 Å². The molecule has 7 nitrogen and oxygen atoms in total. The second-order valence-electron chi connectivity index (χ2n) is 7.98. The summed E-state index contributed by atoms with van der Waals surface area (Å²) in [5.74, 6) is -0.572. The van der Waals surface area contributed by atoms with E-state index in [9.17, 15) is 14.0 Å². The van der Waals surface area contributed by atoms with Crippen molar-refractivity contribution in [2.24, 2.45) is 0 Å². The number of nitrogens with one attached hydrogen (secondary N) is 1. The molecule has 3 aromatic rings. The molecule has 5 rings (SSSR count). The van der Waals surface area contributed by atoms with E-state index in [4.69, 9.17) is 4.74 Å². The molecule has 1 aromatic carbocycles. The summed E-state index contributed by atoms with van der Waals surface area (Å²) in [7, 11) is 0. The minimum absolute atomic E-state index is 0.0504. The van der Waals surface area contributed by atoms with Crippen LogP contribution < -0.4 is 5.32 Å². The van der Waals surface area contributed by atoms with Gasteiger partial charge in [0, 0.05) is 25.2 Å². The van der Waals surface area contributed by atoms with Gasteiger partial charge in [-0.1, -0.05) is 17.8 Å². The second-order valence-corrected chi connectivity index (χ2v) is 9.04. The van der Waals surface area contributed by atoms with Gasteiger partial charge in [0.1, 0.15) is 11.5 Å². The van der Waals surface area contributed by atoms with Crippen molar-refractivity contribution < 1.29 is 18.7 Å². The number of nitrogens with zero attached hydrogens (tertiary/aromatic N) is 3. The molecule has 0 bridgehead atoms. The van der Waals surface area contributed by atoms with E-state index >= 15 is 0 Å². The van der Waals surface area contributed by atoms with Crippen LogP contribution in [0.1, 0.15) is 28.9 Å². The number of carbonyl (C=O) groups excluding carboxylic acids is 2. The lowest BCUT2D eigenvalue weighted by molar-refractivity contribution is -0.117. The Hall–Kier alpha value is -3.17. The number of pyridine rings is 1. The van der Waals surface area contributed by atoms with Crippen LogP contribution in [0.5, 0.6) is 0 Å². The van der Waals surface area contributed by atoms with Crippen LogP contribution in [0.4, 0.5) is 4.39 Å². The molecular weight excluding hydrogens is 443 g/mol. The molecule has 0 saturated carbocycles. The molecule has 2 aliphatic rings. The number of rotatable bonds is 6. The monoisotopic (exact) mass is 466 g/mol.